The Hall–Kier alpha value is -0.830. The second-order valence-corrected chi connectivity index (χ2v) is 6.49. The highest BCUT2D eigenvalue weighted by Gasteiger charge is 2.23. The summed E-state index contributed by atoms with van der Waals surface area (Å²) in [7, 11) is 0. The van der Waals surface area contributed by atoms with Gasteiger partial charge in [-0.15, -0.1) is 23.4 Å². The molecule has 0 amide bonds. The lowest BCUT2D eigenvalue weighted by Gasteiger charge is -2.14. The normalized spacial score (nSPS) is 17.0. The fraction of sp³-hybridized carbons (Fsp3) is 0.250. The highest BCUT2D eigenvalue weighted by molar-refractivity contribution is 7.99. The average molecular weight is 325 g/mol. The van der Waals surface area contributed by atoms with Crippen molar-refractivity contribution < 1.29 is 4.74 Å². The van der Waals surface area contributed by atoms with E-state index < -0.39 is 0 Å². The molecule has 1 atom stereocenters. The lowest BCUT2D eigenvalue weighted by molar-refractivity contribution is 0.298. The first-order valence-electron chi connectivity index (χ1n) is 6.47. The van der Waals surface area contributed by atoms with Crippen LogP contribution in [0.1, 0.15) is 17.0 Å². The lowest BCUT2D eigenvalue weighted by Crippen LogP contribution is -2.10. The van der Waals surface area contributed by atoms with Crippen molar-refractivity contribution in [3.05, 3.63) is 58.6 Å². The highest BCUT2D eigenvalue weighted by Crippen LogP contribution is 2.39. The maximum atomic E-state index is 6.20. The first-order valence-corrected chi connectivity index (χ1v) is 8.36. The third-order valence-electron chi connectivity index (χ3n) is 3.39. The second kappa shape index (κ2) is 6.30. The number of alkyl halides is 1. The van der Waals surface area contributed by atoms with Gasteiger partial charge in [0.25, 0.3) is 0 Å². The Balaban J connectivity index is 1.69. The van der Waals surface area contributed by atoms with Crippen LogP contribution < -0.4 is 4.74 Å². The van der Waals surface area contributed by atoms with Crippen LogP contribution in [0.25, 0.3) is 0 Å². The number of ether oxygens (including phenoxy) is 1. The monoisotopic (exact) mass is 324 g/mol. The number of halogens is 2. The molecule has 0 radical (unpaired) electrons. The van der Waals surface area contributed by atoms with Gasteiger partial charge in [-0.1, -0.05) is 35.9 Å². The molecule has 1 nitrogen and oxygen atoms in total. The largest absolute Gasteiger partial charge is 0.491 e. The topological polar surface area (TPSA) is 9.23 Å². The first kappa shape index (κ1) is 14.1. The minimum Gasteiger partial charge on any atom is -0.491 e. The molecule has 1 unspecified atom stereocenters. The van der Waals surface area contributed by atoms with Gasteiger partial charge >= 0.3 is 0 Å². The van der Waals surface area contributed by atoms with Gasteiger partial charge in [0, 0.05) is 22.4 Å². The molecule has 0 fully saturated rings. The van der Waals surface area contributed by atoms with Crippen LogP contribution in [0.3, 0.4) is 0 Å². The van der Waals surface area contributed by atoms with Crippen LogP contribution in [0, 0.1) is 0 Å². The zero-order valence-corrected chi connectivity index (χ0v) is 13.1. The summed E-state index contributed by atoms with van der Waals surface area (Å²) in [6.07, 6.45) is 0. The van der Waals surface area contributed by atoms with Gasteiger partial charge in [0.05, 0.1) is 11.6 Å². The van der Waals surface area contributed by atoms with Gasteiger partial charge in [0.15, 0.2) is 0 Å². The van der Waals surface area contributed by atoms with Crippen LogP contribution in [-0.4, -0.2) is 12.4 Å². The number of hydrogen-bond acceptors (Lipinski definition) is 2. The zero-order chi connectivity index (χ0) is 13.9. The predicted octanol–water partition coefficient (Wildman–Crippen LogP) is 5.35. The van der Waals surface area contributed by atoms with E-state index in [1.54, 1.807) is 0 Å². The van der Waals surface area contributed by atoms with Gasteiger partial charge in [-0.05, 0) is 29.3 Å². The van der Waals surface area contributed by atoms with Gasteiger partial charge in [0.1, 0.15) is 5.75 Å². The minimum atomic E-state index is 0.431. The van der Waals surface area contributed by atoms with Crippen molar-refractivity contribution in [3.8, 4) is 5.75 Å². The number of rotatable bonds is 4. The molecule has 0 spiro atoms. The summed E-state index contributed by atoms with van der Waals surface area (Å²) in [5, 5.41) is 0.627. The van der Waals surface area contributed by atoms with Crippen molar-refractivity contribution in [2.24, 2.45) is 0 Å². The molecule has 0 bridgehead atoms. The van der Waals surface area contributed by atoms with Gasteiger partial charge < -0.3 is 4.74 Å². The molecular formula is C16H14Cl2OS. The van der Waals surface area contributed by atoms with E-state index in [9.17, 15) is 0 Å². The summed E-state index contributed by atoms with van der Waals surface area (Å²) >= 11 is 13.9. The van der Waals surface area contributed by atoms with Gasteiger partial charge in [-0.3, -0.25) is 0 Å². The smallest absolute Gasteiger partial charge is 0.137 e. The van der Waals surface area contributed by atoms with E-state index in [1.165, 1.54) is 10.5 Å². The van der Waals surface area contributed by atoms with Crippen molar-refractivity contribution in [1.29, 1.82) is 0 Å². The Morgan fingerprint density at radius 3 is 2.85 bits per heavy atom. The van der Waals surface area contributed by atoms with E-state index >= 15 is 0 Å². The molecule has 0 saturated carbocycles. The van der Waals surface area contributed by atoms with Crippen LogP contribution in [0.5, 0.6) is 5.75 Å². The van der Waals surface area contributed by atoms with E-state index in [4.69, 9.17) is 27.9 Å². The molecule has 0 aliphatic carbocycles. The summed E-state index contributed by atoms with van der Waals surface area (Å²) in [5.74, 6) is 2.69. The van der Waals surface area contributed by atoms with Crippen LogP contribution >= 0.6 is 35.0 Å². The minimum absolute atomic E-state index is 0.431. The molecule has 0 aromatic heterocycles. The van der Waals surface area contributed by atoms with Crippen LogP contribution in [0.4, 0.5) is 0 Å². The molecule has 104 valence electrons. The lowest BCUT2D eigenvalue weighted by atomic mass is 10.0. The van der Waals surface area contributed by atoms with Crippen molar-refractivity contribution in [1.82, 2.24) is 0 Å². The molecule has 20 heavy (non-hydrogen) atoms. The number of thioether (sulfide) groups is 1. The third-order valence-corrected chi connectivity index (χ3v) is 5.25. The molecular weight excluding hydrogens is 311 g/mol. The molecule has 2 aromatic carbocycles. The molecule has 0 N–H and O–H groups in total. The first-order chi connectivity index (χ1) is 9.78. The molecule has 4 heteroatoms. The Bertz CT molecular complexity index is 615. The number of fused-ring (bicyclic) bond motifs is 1. The number of hydrogen-bond donors (Lipinski definition) is 0. The summed E-state index contributed by atoms with van der Waals surface area (Å²) in [6, 6.07) is 14.2. The Morgan fingerprint density at radius 1 is 1.20 bits per heavy atom. The van der Waals surface area contributed by atoms with E-state index in [0.29, 0.717) is 23.4 Å². The van der Waals surface area contributed by atoms with Crippen molar-refractivity contribution >= 4 is 35.0 Å². The quantitative estimate of drug-likeness (QED) is 0.701. The van der Waals surface area contributed by atoms with Crippen molar-refractivity contribution in [3.63, 3.8) is 0 Å². The van der Waals surface area contributed by atoms with Crippen LogP contribution in [0.15, 0.2) is 47.4 Å². The molecule has 1 aliphatic rings. The summed E-state index contributed by atoms with van der Waals surface area (Å²) in [5.41, 5.74) is 2.39. The van der Waals surface area contributed by atoms with Gasteiger partial charge in [-0.25, -0.2) is 0 Å². The van der Waals surface area contributed by atoms with Crippen molar-refractivity contribution in [2.75, 3.05) is 12.4 Å². The zero-order valence-electron chi connectivity index (χ0n) is 10.8. The van der Waals surface area contributed by atoms with E-state index in [0.717, 1.165) is 17.1 Å². The SMILES string of the molecule is ClCc1ccc(OCC2CSc3ccccc32)c(Cl)c1. The van der Waals surface area contributed by atoms with E-state index in [2.05, 4.69) is 24.3 Å². The van der Waals surface area contributed by atoms with Crippen LogP contribution in [0.2, 0.25) is 5.02 Å². The summed E-state index contributed by atoms with van der Waals surface area (Å²) in [4.78, 5) is 1.37. The van der Waals surface area contributed by atoms with E-state index in [1.807, 2.05) is 30.0 Å². The number of benzene rings is 2. The van der Waals surface area contributed by atoms with E-state index in [-0.39, 0.29) is 0 Å². The Morgan fingerprint density at radius 2 is 2.05 bits per heavy atom. The molecule has 1 aliphatic heterocycles. The Kier molecular flexibility index (Phi) is 4.45. The Labute approximate surface area is 133 Å². The summed E-state index contributed by atoms with van der Waals surface area (Å²) in [6.45, 7) is 0.657. The highest BCUT2D eigenvalue weighted by atomic mass is 35.5. The molecule has 3 rings (SSSR count). The third kappa shape index (κ3) is 2.93. The molecule has 0 saturated heterocycles. The van der Waals surface area contributed by atoms with Gasteiger partial charge in [-0.2, -0.15) is 0 Å². The average Bonchev–Trinajstić information content (AvgIpc) is 2.89. The predicted molar refractivity (Wildman–Crippen MR) is 86.4 cm³/mol. The maximum Gasteiger partial charge on any atom is 0.137 e. The maximum absolute atomic E-state index is 6.20. The van der Waals surface area contributed by atoms with Crippen molar-refractivity contribution in [2.45, 2.75) is 16.7 Å². The fourth-order valence-electron chi connectivity index (χ4n) is 2.30. The second-order valence-electron chi connectivity index (χ2n) is 4.76. The molecule has 1 heterocycles. The standard InChI is InChI=1S/C16H14Cl2OS/c17-8-11-5-6-15(14(18)7-11)19-9-12-10-20-16-4-2-1-3-13(12)16/h1-7,12H,8-10H2. The van der Waals surface area contributed by atoms with Crippen LogP contribution in [-0.2, 0) is 5.88 Å². The fourth-order valence-corrected chi connectivity index (χ4v) is 3.96. The van der Waals surface area contributed by atoms with Gasteiger partial charge in [0.2, 0.25) is 0 Å². The molecule has 2 aromatic rings. The summed E-state index contributed by atoms with van der Waals surface area (Å²) < 4.78 is 5.89.